The molecule has 0 atom stereocenters. The summed E-state index contributed by atoms with van der Waals surface area (Å²) in [5, 5.41) is 15.4. The molecule has 2 N–H and O–H groups in total. The lowest BCUT2D eigenvalue weighted by molar-refractivity contribution is -0.159. The number of piperidine rings is 1. The molecule has 0 unspecified atom stereocenters. The zero-order chi connectivity index (χ0) is 23.8. The maximum absolute atomic E-state index is 12.5. The number of aromatic nitrogens is 2. The summed E-state index contributed by atoms with van der Waals surface area (Å²) in [6.07, 6.45) is 7.38. The molecular formula is C24H24ClN3O5. The average Bonchev–Trinajstić information content (AvgIpc) is 3.22. The van der Waals surface area contributed by atoms with Crippen LogP contribution in [0.5, 0.6) is 0 Å². The van der Waals surface area contributed by atoms with Crippen molar-refractivity contribution < 1.29 is 24.6 Å². The van der Waals surface area contributed by atoms with Crippen LogP contribution in [0.15, 0.2) is 60.9 Å². The third-order valence-corrected chi connectivity index (χ3v) is 5.75. The van der Waals surface area contributed by atoms with E-state index in [2.05, 4.69) is 15.6 Å². The minimum absolute atomic E-state index is 0.0569. The van der Waals surface area contributed by atoms with Crippen LogP contribution in [0.3, 0.4) is 0 Å². The molecule has 9 heteroatoms. The maximum Gasteiger partial charge on any atom is 0.414 e. The number of halogens is 1. The number of para-hydroxylation sites is 2. The highest BCUT2D eigenvalue weighted by Gasteiger charge is 2.22. The first-order chi connectivity index (χ1) is 15.8. The summed E-state index contributed by atoms with van der Waals surface area (Å²) in [6.45, 7) is 2.55. The van der Waals surface area contributed by atoms with Gasteiger partial charge in [-0.2, -0.15) is 0 Å². The Morgan fingerprint density at radius 2 is 1.64 bits per heavy atom. The summed E-state index contributed by atoms with van der Waals surface area (Å²) >= 11 is 6.14. The van der Waals surface area contributed by atoms with Crippen LogP contribution >= 0.6 is 11.6 Å². The number of amides is 1. The lowest BCUT2D eigenvalue weighted by atomic mass is 9.96. The van der Waals surface area contributed by atoms with Gasteiger partial charge < -0.3 is 19.7 Å². The first kappa shape index (κ1) is 24.0. The van der Waals surface area contributed by atoms with Crippen LogP contribution < -0.4 is 0 Å². The van der Waals surface area contributed by atoms with E-state index in [1.165, 1.54) is 5.52 Å². The van der Waals surface area contributed by atoms with Crippen molar-refractivity contribution in [1.29, 1.82) is 0 Å². The zero-order valence-electron chi connectivity index (χ0n) is 17.8. The van der Waals surface area contributed by atoms with E-state index >= 15 is 0 Å². The Hall–Kier alpha value is -3.65. The third-order valence-electron chi connectivity index (χ3n) is 5.40. The Labute approximate surface area is 195 Å². The first-order valence-electron chi connectivity index (χ1n) is 10.4. The Morgan fingerprint density at radius 3 is 2.30 bits per heavy atom. The second-order valence-corrected chi connectivity index (χ2v) is 8.03. The molecule has 0 radical (unpaired) electrons. The molecule has 0 spiro atoms. The van der Waals surface area contributed by atoms with Gasteiger partial charge in [-0.3, -0.25) is 4.79 Å². The number of nitrogens with zero attached hydrogens (tertiary/aromatic N) is 3. The largest absolute Gasteiger partial charge is 0.473 e. The summed E-state index contributed by atoms with van der Waals surface area (Å²) in [4.78, 5) is 37.1. The van der Waals surface area contributed by atoms with Crippen LogP contribution in [0.1, 0.15) is 18.4 Å². The van der Waals surface area contributed by atoms with Crippen molar-refractivity contribution >= 4 is 46.6 Å². The predicted octanol–water partition coefficient (Wildman–Crippen LogP) is 3.80. The topological polar surface area (TPSA) is 113 Å². The number of carboxylic acid groups (broad SMARTS) is 2. The van der Waals surface area contributed by atoms with Crippen molar-refractivity contribution in [3.05, 3.63) is 71.5 Å². The number of fused-ring (bicyclic) bond motifs is 1. The van der Waals surface area contributed by atoms with E-state index in [1.54, 1.807) is 12.2 Å². The highest BCUT2D eigenvalue weighted by atomic mass is 35.5. The average molecular weight is 470 g/mol. The van der Waals surface area contributed by atoms with Gasteiger partial charge in [0.1, 0.15) is 0 Å². The summed E-state index contributed by atoms with van der Waals surface area (Å²) in [6, 6.07) is 15.8. The molecule has 4 rings (SSSR count). The summed E-state index contributed by atoms with van der Waals surface area (Å²) in [5.41, 5.74) is 3.09. The standard InChI is InChI=1S/C22H22ClN3O.C2H2O4/c23-19-6-2-1-5-18(19)9-10-22(27)25-13-11-17(12-14-25)15-26-16-24-20-7-3-4-8-21(20)26;3-1(4)2(5)6/h1-10,16-17H,11-15H2;(H,3,4)(H,5,6)/b10-9+;. The number of hydrogen-bond acceptors (Lipinski definition) is 4. The molecule has 1 amide bonds. The monoisotopic (exact) mass is 469 g/mol. The molecule has 1 saturated heterocycles. The van der Waals surface area contributed by atoms with Gasteiger partial charge in [0, 0.05) is 30.7 Å². The van der Waals surface area contributed by atoms with Crippen LogP contribution in [-0.2, 0) is 20.9 Å². The van der Waals surface area contributed by atoms with Gasteiger partial charge in [0.2, 0.25) is 5.91 Å². The van der Waals surface area contributed by atoms with Crippen molar-refractivity contribution in [3.8, 4) is 0 Å². The van der Waals surface area contributed by atoms with Crippen LogP contribution in [-0.4, -0.2) is 55.6 Å². The minimum atomic E-state index is -1.82. The quantitative estimate of drug-likeness (QED) is 0.444. The van der Waals surface area contributed by atoms with Crippen LogP contribution in [0.25, 0.3) is 17.1 Å². The number of benzene rings is 2. The molecule has 1 aromatic heterocycles. The van der Waals surface area contributed by atoms with Gasteiger partial charge >= 0.3 is 11.9 Å². The van der Waals surface area contributed by atoms with E-state index in [-0.39, 0.29) is 5.91 Å². The van der Waals surface area contributed by atoms with Crippen molar-refractivity contribution in [2.24, 2.45) is 5.92 Å². The molecule has 2 aromatic carbocycles. The highest BCUT2D eigenvalue weighted by Crippen LogP contribution is 2.22. The summed E-state index contributed by atoms with van der Waals surface area (Å²) in [7, 11) is 0. The molecule has 2 heterocycles. The Balaban J connectivity index is 0.000000454. The second-order valence-electron chi connectivity index (χ2n) is 7.62. The van der Waals surface area contributed by atoms with Gasteiger partial charge in [-0.05, 0) is 48.6 Å². The second kappa shape index (κ2) is 11.3. The number of carboxylic acids is 2. The lowest BCUT2D eigenvalue weighted by Crippen LogP contribution is -2.38. The van der Waals surface area contributed by atoms with Crippen molar-refractivity contribution in [2.75, 3.05) is 13.1 Å². The molecule has 1 aliphatic heterocycles. The van der Waals surface area contributed by atoms with E-state index in [4.69, 9.17) is 31.4 Å². The highest BCUT2D eigenvalue weighted by molar-refractivity contribution is 6.32. The fourth-order valence-corrected chi connectivity index (χ4v) is 3.85. The number of rotatable bonds is 4. The SMILES string of the molecule is O=C(/C=C/c1ccccc1Cl)N1CCC(Cn2cnc3ccccc32)CC1.O=C(O)C(=O)O. The molecule has 1 fully saturated rings. The first-order valence-corrected chi connectivity index (χ1v) is 10.8. The molecule has 172 valence electrons. The van der Waals surface area contributed by atoms with E-state index in [9.17, 15) is 4.79 Å². The molecule has 3 aromatic rings. The number of imidazole rings is 1. The molecule has 0 aliphatic carbocycles. The van der Waals surface area contributed by atoms with Gasteiger partial charge in [0.15, 0.2) is 0 Å². The normalized spacial score (nSPS) is 14.2. The molecule has 8 nitrogen and oxygen atoms in total. The van der Waals surface area contributed by atoms with Gasteiger partial charge in [-0.1, -0.05) is 41.9 Å². The van der Waals surface area contributed by atoms with E-state index in [0.29, 0.717) is 10.9 Å². The Morgan fingerprint density at radius 1 is 1.00 bits per heavy atom. The number of likely N-dealkylation sites (tertiary alicyclic amines) is 1. The maximum atomic E-state index is 12.5. The van der Waals surface area contributed by atoms with Gasteiger partial charge in [-0.25, -0.2) is 14.6 Å². The minimum Gasteiger partial charge on any atom is -0.473 e. The van der Waals surface area contributed by atoms with E-state index < -0.39 is 11.9 Å². The predicted molar refractivity (Wildman–Crippen MR) is 125 cm³/mol. The number of hydrogen-bond donors (Lipinski definition) is 2. The van der Waals surface area contributed by atoms with Crippen molar-refractivity contribution in [3.63, 3.8) is 0 Å². The van der Waals surface area contributed by atoms with Crippen LogP contribution in [0.2, 0.25) is 5.02 Å². The number of carbonyl (C=O) groups excluding carboxylic acids is 1. The smallest absolute Gasteiger partial charge is 0.414 e. The van der Waals surface area contributed by atoms with Crippen LogP contribution in [0, 0.1) is 5.92 Å². The van der Waals surface area contributed by atoms with E-state index in [0.717, 1.165) is 43.6 Å². The summed E-state index contributed by atoms with van der Waals surface area (Å²) < 4.78 is 2.23. The van der Waals surface area contributed by atoms with Gasteiger partial charge in [-0.15, -0.1) is 0 Å². The molecule has 0 saturated carbocycles. The number of aliphatic carboxylic acids is 2. The Kier molecular flexibility index (Phi) is 8.21. The molecule has 0 bridgehead atoms. The molecular weight excluding hydrogens is 446 g/mol. The third kappa shape index (κ3) is 6.66. The van der Waals surface area contributed by atoms with Crippen molar-refractivity contribution in [2.45, 2.75) is 19.4 Å². The van der Waals surface area contributed by atoms with E-state index in [1.807, 2.05) is 53.7 Å². The van der Waals surface area contributed by atoms with Gasteiger partial charge in [0.25, 0.3) is 0 Å². The van der Waals surface area contributed by atoms with Gasteiger partial charge in [0.05, 0.1) is 17.4 Å². The fraction of sp³-hybridized carbons (Fsp3) is 0.250. The van der Waals surface area contributed by atoms with Crippen LogP contribution in [0.4, 0.5) is 0 Å². The lowest BCUT2D eigenvalue weighted by Gasteiger charge is -2.31. The van der Waals surface area contributed by atoms with Crippen molar-refractivity contribution in [1.82, 2.24) is 14.5 Å². The molecule has 33 heavy (non-hydrogen) atoms. The summed E-state index contributed by atoms with van der Waals surface area (Å²) in [5.74, 6) is -3.02. The number of carbonyl (C=O) groups is 3. The Bertz CT molecular complexity index is 1150. The fourth-order valence-electron chi connectivity index (χ4n) is 3.65. The zero-order valence-corrected chi connectivity index (χ0v) is 18.6. The molecule has 1 aliphatic rings.